The lowest BCUT2D eigenvalue weighted by Gasteiger charge is -2.20. The number of nitrogens with one attached hydrogen (secondary N) is 1. The number of rotatable bonds is 7. The summed E-state index contributed by atoms with van der Waals surface area (Å²) in [6.07, 6.45) is 2.83. The van der Waals surface area contributed by atoms with Crippen molar-refractivity contribution in [2.24, 2.45) is 0 Å². The average Bonchev–Trinajstić information content (AvgIpc) is 2.88. The Kier molecular flexibility index (Phi) is 5.88. The van der Waals surface area contributed by atoms with Crippen LogP contribution in [0.25, 0.3) is 0 Å². The number of benzene rings is 1. The lowest BCUT2D eigenvalue weighted by atomic mass is 9.99. The fourth-order valence-corrected chi connectivity index (χ4v) is 2.96. The highest BCUT2D eigenvalue weighted by atomic mass is 79.9. The summed E-state index contributed by atoms with van der Waals surface area (Å²) in [6, 6.07) is 8.29. The van der Waals surface area contributed by atoms with Crippen LogP contribution in [0.2, 0.25) is 0 Å². The number of ether oxygens (including phenoxy) is 1. The van der Waals surface area contributed by atoms with Crippen LogP contribution in [-0.2, 0) is 0 Å². The van der Waals surface area contributed by atoms with Crippen LogP contribution in [0.3, 0.4) is 0 Å². The fraction of sp³-hybridized carbons (Fsp3) is 0.412. The van der Waals surface area contributed by atoms with Gasteiger partial charge in [0.25, 0.3) is 0 Å². The molecule has 3 nitrogen and oxygen atoms in total. The highest BCUT2D eigenvalue weighted by molar-refractivity contribution is 9.10. The number of aryl methyl sites for hydroxylation is 1. The summed E-state index contributed by atoms with van der Waals surface area (Å²) in [5.74, 6) is 1.83. The van der Waals surface area contributed by atoms with E-state index in [0.29, 0.717) is 6.61 Å². The first-order valence-electron chi connectivity index (χ1n) is 7.37. The van der Waals surface area contributed by atoms with Crippen molar-refractivity contribution in [1.29, 1.82) is 0 Å². The van der Waals surface area contributed by atoms with Crippen molar-refractivity contribution in [3.8, 4) is 5.75 Å². The molecule has 21 heavy (non-hydrogen) atoms. The third kappa shape index (κ3) is 3.89. The van der Waals surface area contributed by atoms with Gasteiger partial charge in [-0.3, -0.25) is 0 Å². The number of furan rings is 1. The summed E-state index contributed by atoms with van der Waals surface area (Å²) in [5, 5.41) is 3.59. The Morgan fingerprint density at radius 2 is 2.05 bits per heavy atom. The van der Waals surface area contributed by atoms with Crippen molar-refractivity contribution in [2.45, 2.75) is 33.2 Å². The van der Waals surface area contributed by atoms with E-state index >= 15 is 0 Å². The minimum absolute atomic E-state index is 0.119. The van der Waals surface area contributed by atoms with Gasteiger partial charge in [-0.15, -0.1) is 0 Å². The van der Waals surface area contributed by atoms with E-state index < -0.39 is 0 Å². The highest BCUT2D eigenvalue weighted by Crippen LogP contribution is 2.33. The average molecular weight is 352 g/mol. The maximum atomic E-state index is 5.55. The Morgan fingerprint density at radius 1 is 1.24 bits per heavy atom. The van der Waals surface area contributed by atoms with Gasteiger partial charge in [-0.25, -0.2) is 0 Å². The molecular weight excluding hydrogens is 330 g/mol. The quantitative estimate of drug-likeness (QED) is 0.774. The van der Waals surface area contributed by atoms with Crippen molar-refractivity contribution in [1.82, 2.24) is 5.32 Å². The standard InChI is InChI=1S/C17H22BrNO2/c1-4-9-19-17(14-8-10-21-12(14)3)15-7-6-13(20-5-2)11-16(15)18/h6-8,10-11,17,19H,4-5,9H2,1-3H3. The summed E-state index contributed by atoms with van der Waals surface area (Å²) < 4.78 is 12.1. The van der Waals surface area contributed by atoms with Crippen LogP contribution < -0.4 is 10.1 Å². The zero-order valence-electron chi connectivity index (χ0n) is 12.8. The molecule has 0 fully saturated rings. The molecule has 0 bridgehead atoms. The molecule has 1 atom stereocenters. The Balaban J connectivity index is 2.35. The predicted molar refractivity (Wildman–Crippen MR) is 88.9 cm³/mol. The number of hydrogen-bond donors (Lipinski definition) is 1. The third-order valence-electron chi connectivity index (χ3n) is 3.40. The van der Waals surface area contributed by atoms with E-state index in [1.54, 1.807) is 6.26 Å². The molecule has 114 valence electrons. The van der Waals surface area contributed by atoms with Crippen LogP contribution in [0.15, 0.2) is 39.4 Å². The van der Waals surface area contributed by atoms with Crippen LogP contribution in [-0.4, -0.2) is 13.2 Å². The van der Waals surface area contributed by atoms with E-state index in [1.807, 2.05) is 32.0 Å². The third-order valence-corrected chi connectivity index (χ3v) is 4.09. The van der Waals surface area contributed by atoms with Gasteiger partial charge in [0, 0.05) is 10.0 Å². The first-order valence-corrected chi connectivity index (χ1v) is 8.16. The Morgan fingerprint density at radius 3 is 2.62 bits per heavy atom. The smallest absolute Gasteiger partial charge is 0.120 e. The molecule has 1 N–H and O–H groups in total. The number of hydrogen-bond acceptors (Lipinski definition) is 3. The lowest BCUT2D eigenvalue weighted by Crippen LogP contribution is -2.23. The Labute approximate surface area is 134 Å². The second kappa shape index (κ2) is 7.66. The monoisotopic (exact) mass is 351 g/mol. The zero-order chi connectivity index (χ0) is 15.2. The summed E-state index contributed by atoms with van der Waals surface area (Å²) in [5.41, 5.74) is 2.37. The fourth-order valence-electron chi connectivity index (χ4n) is 2.37. The molecular formula is C17H22BrNO2. The van der Waals surface area contributed by atoms with Gasteiger partial charge in [-0.05, 0) is 50.6 Å². The molecule has 0 saturated heterocycles. The maximum Gasteiger partial charge on any atom is 0.120 e. The molecule has 0 aliphatic carbocycles. The Bertz CT molecular complexity index is 580. The summed E-state index contributed by atoms with van der Waals surface area (Å²) in [6.45, 7) is 7.78. The number of halogens is 1. The van der Waals surface area contributed by atoms with Gasteiger partial charge in [-0.1, -0.05) is 28.9 Å². The van der Waals surface area contributed by atoms with Crippen LogP contribution in [0.4, 0.5) is 0 Å². The van der Waals surface area contributed by atoms with E-state index in [1.165, 1.54) is 11.1 Å². The first kappa shape index (κ1) is 16.1. The molecule has 1 unspecified atom stereocenters. The van der Waals surface area contributed by atoms with Crippen LogP contribution >= 0.6 is 15.9 Å². The minimum Gasteiger partial charge on any atom is -0.494 e. The van der Waals surface area contributed by atoms with Gasteiger partial charge in [0.1, 0.15) is 11.5 Å². The molecule has 2 aromatic rings. The minimum atomic E-state index is 0.119. The largest absolute Gasteiger partial charge is 0.494 e. The molecule has 1 heterocycles. The van der Waals surface area contributed by atoms with Crippen molar-refractivity contribution in [3.63, 3.8) is 0 Å². The van der Waals surface area contributed by atoms with Crippen LogP contribution in [0, 0.1) is 6.92 Å². The van der Waals surface area contributed by atoms with Gasteiger partial charge in [0.2, 0.25) is 0 Å². The zero-order valence-corrected chi connectivity index (χ0v) is 14.4. The second-order valence-corrected chi connectivity index (χ2v) is 5.79. The van der Waals surface area contributed by atoms with E-state index in [-0.39, 0.29) is 6.04 Å². The molecule has 0 aliphatic rings. The van der Waals surface area contributed by atoms with Crippen molar-refractivity contribution < 1.29 is 9.15 Å². The first-order chi connectivity index (χ1) is 10.2. The predicted octanol–water partition coefficient (Wildman–Crippen LogP) is 4.84. The molecule has 4 heteroatoms. The van der Waals surface area contributed by atoms with E-state index in [4.69, 9.17) is 9.15 Å². The van der Waals surface area contributed by atoms with Crippen molar-refractivity contribution >= 4 is 15.9 Å². The van der Waals surface area contributed by atoms with Gasteiger partial charge in [0.15, 0.2) is 0 Å². The van der Waals surface area contributed by atoms with Crippen LogP contribution in [0.5, 0.6) is 5.75 Å². The molecule has 0 saturated carbocycles. The van der Waals surface area contributed by atoms with Crippen LogP contribution in [0.1, 0.15) is 43.2 Å². The molecule has 1 aromatic carbocycles. The molecule has 0 aliphatic heterocycles. The maximum absolute atomic E-state index is 5.55. The van der Waals surface area contributed by atoms with E-state index in [9.17, 15) is 0 Å². The summed E-state index contributed by atoms with van der Waals surface area (Å²) >= 11 is 3.67. The van der Waals surface area contributed by atoms with Gasteiger partial charge >= 0.3 is 0 Å². The lowest BCUT2D eigenvalue weighted by molar-refractivity contribution is 0.340. The normalized spacial score (nSPS) is 12.4. The van der Waals surface area contributed by atoms with Crippen molar-refractivity contribution in [2.75, 3.05) is 13.2 Å². The highest BCUT2D eigenvalue weighted by Gasteiger charge is 2.20. The molecule has 2 rings (SSSR count). The summed E-state index contributed by atoms with van der Waals surface area (Å²) in [7, 11) is 0. The van der Waals surface area contributed by atoms with Crippen molar-refractivity contribution in [3.05, 3.63) is 51.9 Å². The van der Waals surface area contributed by atoms with Gasteiger partial charge < -0.3 is 14.5 Å². The molecule has 1 aromatic heterocycles. The molecule has 0 spiro atoms. The summed E-state index contributed by atoms with van der Waals surface area (Å²) in [4.78, 5) is 0. The molecule has 0 amide bonds. The van der Waals surface area contributed by atoms with Gasteiger partial charge in [-0.2, -0.15) is 0 Å². The Hall–Kier alpha value is -1.26. The van der Waals surface area contributed by atoms with E-state index in [2.05, 4.69) is 34.2 Å². The van der Waals surface area contributed by atoms with Gasteiger partial charge in [0.05, 0.1) is 18.9 Å². The SMILES string of the molecule is CCCNC(c1ccc(OCC)cc1Br)c1ccoc1C. The second-order valence-electron chi connectivity index (χ2n) is 4.94. The molecule has 0 radical (unpaired) electrons. The topological polar surface area (TPSA) is 34.4 Å². The van der Waals surface area contributed by atoms with E-state index in [0.717, 1.165) is 28.9 Å².